The molecule has 1 aliphatic rings. The van der Waals surface area contributed by atoms with Gasteiger partial charge in [-0.15, -0.1) is 0 Å². The number of benzene rings is 1. The summed E-state index contributed by atoms with van der Waals surface area (Å²) < 4.78 is 5.69. The van der Waals surface area contributed by atoms with E-state index in [1.807, 2.05) is 12.1 Å². The highest BCUT2D eigenvalue weighted by Gasteiger charge is 2.18. The number of aliphatic hydroxyl groups is 1. The molecule has 0 spiro atoms. The Morgan fingerprint density at radius 3 is 2.60 bits per heavy atom. The maximum Gasteiger partial charge on any atom is 0.119 e. The Morgan fingerprint density at radius 1 is 1.25 bits per heavy atom. The van der Waals surface area contributed by atoms with Crippen LogP contribution in [-0.2, 0) is 0 Å². The molecule has 0 radical (unpaired) electrons. The number of rotatable bonds is 5. The van der Waals surface area contributed by atoms with Crippen LogP contribution in [0.1, 0.15) is 30.9 Å². The van der Waals surface area contributed by atoms with Crippen molar-refractivity contribution in [3.05, 3.63) is 29.3 Å². The molecule has 1 atom stereocenters. The van der Waals surface area contributed by atoms with Crippen LogP contribution in [0.15, 0.2) is 18.2 Å². The number of likely N-dealkylation sites (tertiary alicyclic amines) is 1. The van der Waals surface area contributed by atoms with E-state index in [1.165, 1.54) is 24.0 Å². The number of hydrogen-bond acceptors (Lipinski definition) is 3. The van der Waals surface area contributed by atoms with Crippen molar-refractivity contribution in [2.45, 2.75) is 39.7 Å². The Kier molecular flexibility index (Phi) is 5.44. The van der Waals surface area contributed by atoms with Crippen molar-refractivity contribution in [1.82, 2.24) is 4.90 Å². The summed E-state index contributed by atoms with van der Waals surface area (Å²) in [4.78, 5) is 2.34. The average molecular weight is 277 g/mol. The minimum atomic E-state index is -0.412. The highest BCUT2D eigenvalue weighted by Crippen LogP contribution is 2.18. The fourth-order valence-electron chi connectivity index (χ4n) is 2.59. The first kappa shape index (κ1) is 15.3. The van der Waals surface area contributed by atoms with Crippen LogP contribution in [0.2, 0.25) is 0 Å². The van der Waals surface area contributed by atoms with Crippen molar-refractivity contribution in [1.29, 1.82) is 0 Å². The van der Waals surface area contributed by atoms with Gasteiger partial charge in [0.1, 0.15) is 18.5 Å². The summed E-state index contributed by atoms with van der Waals surface area (Å²) in [5, 5.41) is 10.1. The Bertz CT molecular complexity index is 425. The molecule has 0 unspecified atom stereocenters. The van der Waals surface area contributed by atoms with Gasteiger partial charge in [-0.25, -0.2) is 0 Å². The first-order chi connectivity index (χ1) is 9.54. The normalized spacial score (nSPS) is 19.0. The molecule has 1 aromatic carbocycles. The zero-order valence-electron chi connectivity index (χ0n) is 12.9. The van der Waals surface area contributed by atoms with Crippen LogP contribution in [0.3, 0.4) is 0 Å². The second-order valence-electron chi connectivity index (χ2n) is 6.19. The zero-order chi connectivity index (χ0) is 14.5. The number of aliphatic hydroxyl groups excluding tert-OH is 1. The van der Waals surface area contributed by atoms with Crippen LogP contribution < -0.4 is 4.74 Å². The average Bonchev–Trinajstić information content (AvgIpc) is 2.43. The van der Waals surface area contributed by atoms with Gasteiger partial charge in [-0.3, -0.25) is 0 Å². The molecule has 0 saturated carbocycles. The predicted octanol–water partition coefficient (Wildman–Crippen LogP) is 2.78. The Morgan fingerprint density at radius 2 is 1.95 bits per heavy atom. The van der Waals surface area contributed by atoms with E-state index in [0.717, 1.165) is 31.3 Å². The third kappa shape index (κ3) is 4.50. The summed E-state index contributed by atoms with van der Waals surface area (Å²) in [5.41, 5.74) is 2.49. The third-order valence-electron chi connectivity index (χ3n) is 4.27. The molecule has 3 heteroatoms. The van der Waals surface area contributed by atoms with Gasteiger partial charge >= 0.3 is 0 Å². The SMILES string of the molecule is Cc1ccc(OC[C@H](O)CN2CCC(C)CC2)cc1C. The standard InChI is InChI=1S/C17H27NO2/c1-13-6-8-18(9-7-13)11-16(19)12-20-17-5-4-14(2)15(3)10-17/h4-5,10,13,16,19H,6-9,11-12H2,1-3H3/t16-/m1/s1. The minimum absolute atomic E-state index is 0.370. The number of aryl methyl sites for hydroxylation is 2. The molecule has 3 nitrogen and oxygen atoms in total. The maximum atomic E-state index is 10.1. The highest BCUT2D eigenvalue weighted by atomic mass is 16.5. The monoisotopic (exact) mass is 277 g/mol. The molecule has 1 heterocycles. The number of β-amino-alcohol motifs (C(OH)–C–C–N with tert-alkyl or cyclic N) is 1. The topological polar surface area (TPSA) is 32.7 Å². The maximum absolute atomic E-state index is 10.1. The van der Waals surface area contributed by atoms with Crippen LogP contribution >= 0.6 is 0 Å². The summed E-state index contributed by atoms with van der Waals surface area (Å²) >= 11 is 0. The van der Waals surface area contributed by atoms with Crippen LogP contribution in [-0.4, -0.2) is 42.4 Å². The predicted molar refractivity (Wildman–Crippen MR) is 82.3 cm³/mol. The second kappa shape index (κ2) is 7.09. The Balaban J connectivity index is 1.74. The van der Waals surface area contributed by atoms with Gasteiger partial charge in [0, 0.05) is 6.54 Å². The first-order valence-corrected chi connectivity index (χ1v) is 7.65. The van der Waals surface area contributed by atoms with Crippen LogP contribution in [0, 0.1) is 19.8 Å². The molecule has 20 heavy (non-hydrogen) atoms. The lowest BCUT2D eigenvalue weighted by atomic mass is 9.99. The number of nitrogens with zero attached hydrogens (tertiary/aromatic N) is 1. The van der Waals surface area contributed by atoms with E-state index in [0.29, 0.717) is 6.61 Å². The largest absolute Gasteiger partial charge is 0.491 e. The molecule has 1 saturated heterocycles. The summed E-state index contributed by atoms with van der Waals surface area (Å²) in [6.45, 7) is 9.76. The van der Waals surface area contributed by atoms with E-state index in [1.54, 1.807) is 0 Å². The Labute approximate surface area is 122 Å². The van der Waals surface area contributed by atoms with Gasteiger partial charge in [0.2, 0.25) is 0 Å². The Hall–Kier alpha value is -1.06. The summed E-state index contributed by atoms with van der Waals surface area (Å²) in [6.07, 6.45) is 2.07. The smallest absolute Gasteiger partial charge is 0.119 e. The van der Waals surface area contributed by atoms with Crippen molar-refractivity contribution in [3.8, 4) is 5.75 Å². The molecule has 0 bridgehead atoms. The fourth-order valence-corrected chi connectivity index (χ4v) is 2.59. The lowest BCUT2D eigenvalue weighted by Gasteiger charge is -2.31. The van der Waals surface area contributed by atoms with E-state index in [-0.39, 0.29) is 0 Å². The molecule has 0 aromatic heterocycles. The molecule has 1 aliphatic heterocycles. The van der Waals surface area contributed by atoms with Gasteiger partial charge < -0.3 is 14.7 Å². The van der Waals surface area contributed by atoms with Crippen molar-refractivity contribution in [2.75, 3.05) is 26.2 Å². The van der Waals surface area contributed by atoms with Gasteiger partial charge in [-0.05, 0) is 69.0 Å². The van der Waals surface area contributed by atoms with Crippen LogP contribution in [0.4, 0.5) is 0 Å². The molecule has 2 rings (SSSR count). The van der Waals surface area contributed by atoms with Gasteiger partial charge in [-0.1, -0.05) is 13.0 Å². The number of ether oxygens (including phenoxy) is 1. The van der Waals surface area contributed by atoms with E-state index in [4.69, 9.17) is 4.74 Å². The third-order valence-corrected chi connectivity index (χ3v) is 4.27. The van der Waals surface area contributed by atoms with Crippen LogP contribution in [0.25, 0.3) is 0 Å². The lowest BCUT2D eigenvalue weighted by Crippen LogP contribution is -2.40. The summed E-state index contributed by atoms with van der Waals surface area (Å²) in [5.74, 6) is 1.68. The van der Waals surface area contributed by atoms with Gasteiger partial charge in [0.25, 0.3) is 0 Å². The number of hydrogen-bond donors (Lipinski definition) is 1. The zero-order valence-corrected chi connectivity index (χ0v) is 12.9. The molecule has 1 aromatic rings. The minimum Gasteiger partial charge on any atom is -0.491 e. The van der Waals surface area contributed by atoms with Gasteiger partial charge in [-0.2, -0.15) is 0 Å². The summed E-state index contributed by atoms with van der Waals surface area (Å²) in [7, 11) is 0. The van der Waals surface area contributed by atoms with Crippen molar-refractivity contribution < 1.29 is 9.84 Å². The second-order valence-corrected chi connectivity index (χ2v) is 6.19. The van der Waals surface area contributed by atoms with E-state index in [9.17, 15) is 5.11 Å². The van der Waals surface area contributed by atoms with Gasteiger partial charge in [0.05, 0.1) is 0 Å². The molecule has 0 aliphatic carbocycles. The first-order valence-electron chi connectivity index (χ1n) is 7.65. The van der Waals surface area contributed by atoms with E-state index < -0.39 is 6.10 Å². The molecular weight excluding hydrogens is 250 g/mol. The van der Waals surface area contributed by atoms with Crippen LogP contribution in [0.5, 0.6) is 5.75 Å². The van der Waals surface area contributed by atoms with E-state index in [2.05, 4.69) is 31.7 Å². The lowest BCUT2D eigenvalue weighted by molar-refractivity contribution is 0.0563. The van der Waals surface area contributed by atoms with Crippen molar-refractivity contribution >= 4 is 0 Å². The molecule has 1 fully saturated rings. The van der Waals surface area contributed by atoms with Gasteiger partial charge in [0.15, 0.2) is 0 Å². The molecule has 112 valence electrons. The quantitative estimate of drug-likeness (QED) is 0.898. The van der Waals surface area contributed by atoms with Crippen molar-refractivity contribution in [2.24, 2.45) is 5.92 Å². The fraction of sp³-hybridized carbons (Fsp3) is 0.647. The highest BCUT2D eigenvalue weighted by molar-refractivity contribution is 5.33. The summed E-state index contributed by atoms with van der Waals surface area (Å²) in [6, 6.07) is 6.06. The van der Waals surface area contributed by atoms with Crippen molar-refractivity contribution in [3.63, 3.8) is 0 Å². The number of piperidine rings is 1. The van der Waals surface area contributed by atoms with E-state index >= 15 is 0 Å². The molecular formula is C17H27NO2. The molecule has 0 amide bonds. The molecule has 1 N–H and O–H groups in total.